The van der Waals surface area contributed by atoms with Crippen LogP contribution in [0.25, 0.3) is 0 Å². The molecule has 2 amide bonds. The molecule has 7 heteroatoms. The zero-order valence-electron chi connectivity index (χ0n) is 13.9. The van der Waals surface area contributed by atoms with Crippen molar-refractivity contribution in [2.45, 2.75) is 23.3 Å². The van der Waals surface area contributed by atoms with Crippen LogP contribution < -0.4 is 10.6 Å². The Hall–Kier alpha value is -2.64. The predicted octanol–water partition coefficient (Wildman–Crippen LogP) is 4.10. The van der Waals surface area contributed by atoms with E-state index < -0.39 is 0 Å². The van der Waals surface area contributed by atoms with Gasteiger partial charge in [0.1, 0.15) is 0 Å². The van der Waals surface area contributed by atoms with Crippen molar-refractivity contribution in [3.8, 4) is 0 Å². The summed E-state index contributed by atoms with van der Waals surface area (Å²) >= 11 is 3.03. The van der Waals surface area contributed by atoms with Gasteiger partial charge < -0.3 is 10.6 Å². The highest BCUT2D eigenvalue weighted by Crippen LogP contribution is 2.39. The molecule has 0 saturated carbocycles. The predicted molar refractivity (Wildman–Crippen MR) is 103 cm³/mol. The van der Waals surface area contributed by atoms with Crippen LogP contribution in [0, 0.1) is 6.92 Å². The van der Waals surface area contributed by atoms with Crippen LogP contribution in [0.3, 0.4) is 0 Å². The quantitative estimate of drug-likeness (QED) is 0.717. The van der Waals surface area contributed by atoms with Crippen LogP contribution in [0.4, 0.5) is 5.69 Å². The molecule has 0 bridgehead atoms. The van der Waals surface area contributed by atoms with Gasteiger partial charge in [0.2, 0.25) is 0 Å². The van der Waals surface area contributed by atoms with Crippen LogP contribution >= 0.6 is 23.1 Å². The minimum atomic E-state index is -0.167. The molecule has 0 unspecified atom stereocenters. The summed E-state index contributed by atoms with van der Waals surface area (Å²) in [5.41, 5.74) is 4.46. The van der Waals surface area contributed by atoms with E-state index in [0.717, 1.165) is 20.2 Å². The summed E-state index contributed by atoms with van der Waals surface area (Å²) in [5, 5.41) is 5.83. The molecule has 26 heavy (non-hydrogen) atoms. The number of fused-ring (bicyclic) bond motifs is 2. The van der Waals surface area contributed by atoms with Crippen LogP contribution in [0.5, 0.6) is 0 Å². The Kier molecular flexibility index (Phi) is 4.48. The maximum atomic E-state index is 12.6. The number of rotatable bonds is 3. The molecule has 2 heterocycles. The van der Waals surface area contributed by atoms with Crippen molar-refractivity contribution < 1.29 is 9.59 Å². The molecule has 1 aliphatic rings. The number of amides is 2. The molecule has 0 spiro atoms. The third-order valence-electron chi connectivity index (χ3n) is 4.08. The van der Waals surface area contributed by atoms with Crippen molar-refractivity contribution in [1.29, 1.82) is 0 Å². The normalized spacial score (nSPS) is 12.6. The van der Waals surface area contributed by atoms with Crippen LogP contribution in [0.15, 0.2) is 57.9 Å². The fraction of sp³-hybridized carbons (Fsp3) is 0.105. The van der Waals surface area contributed by atoms with Crippen LogP contribution in [-0.2, 0) is 6.54 Å². The summed E-state index contributed by atoms with van der Waals surface area (Å²) in [7, 11) is 0. The van der Waals surface area contributed by atoms with Crippen LogP contribution in [0.1, 0.15) is 31.2 Å². The molecule has 0 fully saturated rings. The number of thiazole rings is 1. The van der Waals surface area contributed by atoms with Gasteiger partial charge in [-0.15, -0.1) is 11.3 Å². The van der Waals surface area contributed by atoms with Gasteiger partial charge in [0.25, 0.3) is 11.8 Å². The lowest BCUT2D eigenvalue weighted by Crippen LogP contribution is -2.23. The molecule has 1 aliphatic heterocycles. The molecule has 0 saturated heterocycles. The van der Waals surface area contributed by atoms with Crippen molar-refractivity contribution in [3.63, 3.8) is 0 Å². The van der Waals surface area contributed by atoms with Gasteiger partial charge in [0.05, 0.1) is 23.3 Å². The number of benzene rings is 2. The molecular weight excluding hydrogens is 366 g/mol. The molecule has 0 atom stereocenters. The van der Waals surface area contributed by atoms with E-state index in [1.54, 1.807) is 23.8 Å². The van der Waals surface area contributed by atoms with Crippen molar-refractivity contribution in [3.05, 3.63) is 69.7 Å². The SMILES string of the molecule is Cc1cc2c(cc1C(=O)NCc1cncs1)NC(=O)c1ccccc1S2. The average Bonchev–Trinajstić information content (AvgIpc) is 3.11. The topological polar surface area (TPSA) is 71.1 Å². The second-order valence-electron chi connectivity index (χ2n) is 5.87. The van der Waals surface area contributed by atoms with Gasteiger partial charge in [-0.3, -0.25) is 14.6 Å². The van der Waals surface area contributed by atoms with Gasteiger partial charge in [-0.2, -0.15) is 0 Å². The van der Waals surface area contributed by atoms with Crippen molar-refractivity contribution in [2.24, 2.45) is 0 Å². The van der Waals surface area contributed by atoms with Crippen LogP contribution in [0.2, 0.25) is 0 Å². The fourth-order valence-electron chi connectivity index (χ4n) is 2.75. The minimum Gasteiger partial charge on any atom is -0.347 e. The number of anilines is 1. The standard InChI is InChI=1S/C19H15N3O2S2/c1-11-6-17-15(22-19(24)13-4-2-3-5-16(13)26-17)7-14(11)18(23)21-9-12-8-20-10-25-12/h2-8,10H,9H2,1H3,(H,21,23)(H,22,24). The molecule has 0 aliphatic carbocycles. The largest absolute Gasteiger partial charge is 0.347 e. The third kappa shape index (κ3) is 3.23. The van der Waals surface area contributed by atoms with E-state index in [-0.39, 0.29) is 11.8 Å². The van der Waals surface area contributed by atoms with Gasteiger partial charge in [0.15, 0.2) is 0 Å². The summed E-state index contributed by atoms with van der Waals surface area (Å²) in [4.78, 5) is 31.9. The lowest BCUT2D eigenvalue weighted by Gasteiger charge is -2.12. The van der Waals surface area contributed by atoms with E-state index in [2.05, 4.69) is 15.6 Å². The molecule has 130 valence electrons. The smallest absolute Gasteiger partial charge is 0.256 e. The number of hydrogen-bond donors (Lipinski definition) is 2. The zero-order chi connectivity index (χ0) is 18.1. The van der Waals surface area contributed by atoms with Gasteiger partial charge >= 0.3 is 0 Å². The zero-order valence-corrected chi connectivity index (χ0v) is 15.5. The number of nitrogens with zero attached hydrogens (tertiary/aromatic N) is 1. The van der Waals surface area contributed by atoms with Gasteiger partial charge in [0, 0.05) is 26.4 Å². The maximum Gasteiger partial charge on any atom is 0.256 e. The Morgan fingerprint density at radius 2 is 2.08 bits per heavy atom. The molecule has 1 aromatic heterocycles. The number of carbonyl (C=O) groups excluding carboxylic acids is 2. The van der Waals surface area contributed by atoms with Crippen molar-refractivity contribution in [1.82, 2.24) is 10.3 Å². The molecule has 0 radical (unpaired) electrons. The van der Waals surface area contributed by atoms with Crippen molar-refractivity contribution in [2.75, 3.05) is 5.32 Å². The number of aryl methyl sites for hydroxylation is 1. The van der Waals surface area contributed by atoms with E-state index in [0.29, 0.717) is 23.4 Å². The Morgan fingerprint density at radius 3 is 2.88 bits per heavy atom. The second-order valence-corrected chi connectivity index (χ2v) is 7.92. The Labute approximate surface area is 158 Å². The molecular formula is C19H15N3O2S2. The molecule has 5 nitrogen and oxygen atoms in total. The van der Waals surface area contributed by atoms with Crippen LogP contribution in [-0.4, -0.2) is 16.8 Å². The molecule has 2 aromatic carbocycles. The first-order valence-corrected chi connectivity index (χ1v) is 9.70. The van der Waals surface area contributed by atoms with Gasteiger partial charge in [-0.25, -0.2) is 0 Å². The summed E-state index contributed by atoms with van der Waals surface area (Å²) in [5.74, 6) is -0.327. The van der Waals surface area contributed by atoms with E-state index >= 15 is 0 Å². The highest BCUT2D eigenvalue weighted by Gasteiger charge is 2.22. The summed E-state index contributed by atoms with van der Waals surface area (Å²) < 4.78 is 0. The monoisotopic (exact) mass is 381 g/mol. The summed E-state index contributed by atoms with van der Waals surface area (Å²) in [6.07, 6.45) is 1.74. The average molecular weight is 381 g/mol. The van der Waals surface area contributed by atoms with Gasteiger partial charge in [-0.1, -0.05) is 23.9 Å². The molecule has 4 rings (SSSR count). The van der Waals surface area contributed by atoms with Crippen molar-refractivity contribution >= 4 is 40.6 Å². The van der Waals surface area contributed by atoms with Gasteiger partial charge in [-0.05, 0) is 36.8 Å². The first-order chi connectivity index (χ1) is 12.6. The number of nitrogens with one attached hydrogen (secondary N) is 2. The Balaban J connectivity index is 1.63. The molecule has 3 aromatic rings. The van der Waals surface area contributed by atoms with E-state index in [1.165, 1.54) is 23.1 Å². The lowest BCUT2D eigenvalue weighted by atomic mass is 10.1. The number of carbonyl (C=O) groups is 2. The maximum absolute atomic E-state index is 12.6. The first-order valence-electron chi connectivity index (χ1n) is 8.00. The third-order valence-corrected chi connectivity index (χ3v) is 5.99. The molecule has 2 N–H and O–H groups in total. The fourth-order valence-corrected chi connectivity index (χ4v) is 4.40. The summed E-state index contributed by atoms with van der Waals surface area (Å²) in [6, 6.07) is 11.2. The Bertz CT molecular complexity index is 1000. The number of aromatic nitrogens is 1. The summed E-state index contributed by atoms with van der Waals surface area (Å²) in [6.45, 7) is 2.34. The first kappa shape index (κ1) is 16.8. The van der Waals surface area contributed by atoms with E-state index in [1.807, 2.05) is 31.2 Å². The second kappa shape index (κ2) is 6.93. The number of hydrogen-bond acceptors (Lipinski definition) is 5. The Morgan fingerprint density at radius 1 is 1.23 bits per heavy atom. The minimum absolute atomic E-state index is 0.160. The highest BCUT2D eigenvalue weighted by molar-refractivity contribution is 7.99. The lowest BCUT2D eigenvalue weighted by molar-refractivity contribution is 0.0949. The highest BCUT2D eigenvalue weighted by atomic mass is 32.2. The van der Waals surface area contributed by atoms with E-state index in [4.69, 9.17) is 0 Å². The van der Waals surface area contributed by atoms with E-state index in [9.17, 15) is 9.59 Å².